The van der Waals surface area contributed by atoms with Crippen LogP contribution in [0.25, 0.3) is 0 Å². The first kappa shape index (κ1) is 14.0. The molecule has 1 heterocycles. The van der Waals surface area contributed by atoms with Crippen molar-refractivity contribution in [2.24, 2.45) is 5.92 Å². The Labute approximate surface area is 117 Å². The summed E-state index contributed by atoms with van der Waals surface area (Å²) in [7, 11) is 2.11. The molecule has 0 amide bonds. The van der Waals surface area contributed by atoms with Crippen LogP contribution in [0.3, 0.4) is 0 Å². The minimum absolute atomic E-state index is 0.172. The fourth-order valence-corrected chi connectivity index (χ4v) is 3.10. The summed E-state index contributed by atoms with van der Waals surface area (Å²) in [6.07, 6.45) is 2.49. The fraction of sp³-hybridized carbons (Fsp3) is 0.571. The van der Waals surface area contributed by atoms with E-state index in [4.69, 9.17) is 0 Å². The molecule has 4 heteroatoms. The lowest BCUT2D eigenvalue weighted by molar-refractivity contribution is 0.234. The summed E-state index contributed by atoms with van der Waals surface area (Å²) in [4.78, 5) is 2.29. The van der Waals surface area contributed by atoms with E-state index in [1.807, 2.05) is 6.07 Å². The van der Waals surface area contributed by atoms with Gasteiger partial charge in [0, 0.05) is 17.6 Å². The van der Waals surface area contributed by atoms with Crippen LogP contribution in [0.15, 0.2) is 22.7 Å². The molecule has 0 bridgehead atoms. The molecule has 100 valence electrons. The number of nitrogens with one attached hydrogen (secondary N) is 1. The molecular weight excluding hydrogens is 295 g/mol. The van der Waals surface area contributed by atoms with Crippen molar-refractivity contribution >= 4 is 15.9 Å². The van der Waals surface area contributed by atoms with Gasteiger partial charge in [-0.2, -0.15) is 0 Å². The third-order valence-electron chi connectivity index (χ3n) is 3.40. The minimum atomic E-state index is -0.172. The molecule has 1 N–H and O–H groups in total. The van der Waals surface area contributed by atoms with E-state index in [1.54, 1.807) is 6.07 Å². The van der Waals surface area contributed by atoms with Crippen molar-refractivity contribution in [3.05, 3.63) is 34.1 Å². The van der Waals surface area contributed by atoms with Crippen LogP contribution in [0.2, 0.25) is 0 Å². The average Bonchev–Trinajstić information content (AvgIpc) is 2.28. The van der Waals surface area contributed by atoms with E-state index in [9.17, 15) is 4.39 Å². The maximum atomic E-state index is 13.3. The maximum Gasteiger partial charge on any atom is 0.124 e. The molecule has 0 aromatic heterocycles. The SMILES string of the molecule is CN(Cc1cc(F)cc(Br)c1)CC1CCNCC1. The van der Waals surface area contributed by atoms with E-state index in [-0.39, 0.29) is 5.82 Å². The van der Waals surface area contributed by atoms with Crippen molar-refractivity contribution < 1.29 is 4.39 Å². The minimum Gasteiger partial charge on any atom is -0.317 e. The summed E-state index contributed by atoms with van der Waals surface area (Å²) in [6, 6.07) is 5.10. The van der Waals surface area contributed by atoms with Gasteiger partial charge in [-0.05, 0) is 62.7 Å². The molecule has 1 aliphatic heterocycles. The first-order chi connectivity index (χ1) is 8.63. The predicted molar refractivity (Wildman–Crippen MR) is 76.0 cm³/mol. The lowest BCUT2D eigenvalue weighted by Crippen LogP contribution is -2.34. The van der Waals surface area contributed by atoms with E-state index >= 15 is 0 Å². The predicted octanol–water partition coefficient (Wildman–Crippen LogP) is 3.02. The molecule has 0 radical (unpaired) electrons. The Morgan fingerprint density at radius 2 is 2.06 bits per heavy atom. The highest BCUT2D eigenvalue weighted by atomic mass is 79.9. The zero-order valence-corrected chi connectivity index (χ0v) is 12.3. The molecule has 1 fully saturated rings. The molecule has 18 heavy (non-hydrogen) atoms. The highest BCUT2D eigenvalue weighted by Gasteiger charge is 2.15. The second kappa shape index (κ2) is 6.64. The molecule has 1 aromatic carbocycles. The summed E-state index contributed by atoms with van der Waals surface area (Å²) in [5.74, 6) is 0.600. The zero-order chi connectivity index (χ0) is 13.0. The van der Waals surface area contributed by atoms with Gasteiger partial charge >= 0.3 is 0 Å². The normalized spacial score (nSPS) is 17.3. The van der Waals surface area contributed by atoms with Gasteiger partial charge in [-0.3, -0.25) is 0 Å². The summed E-state index contributed by atoms with van der Waals surface area (Å²) in [5, 5.41) is 3.38. The Hall–Kier alpha value is -0.450. The zero-order valence-electron chi connectivity index (χ0n) is 10.8. The standard InChI is InChI=1S/C14H20BrFN2/c1-18(9-11-2-4-17-5-3-11)10-12-6-13(15)8-14(16)7-12/h6-8,11,17H,2-5,9-10H2,1H3. The Morgan fingerprint density at radius 3 is 2.72 bits per heavy atom. The van der Waals surface area contributed by atoms with Crippen molar-refractivity contribution in [2.45, 2.75) is 19.4 Å². The van der Waals surface area contributed by atoms with Gasteiger partial charge in [0.2, 0.25) is 0 Å². The number of hydrogen-bond donors (Lipinski definition) is 1. The van der Waals surface area contributed by atoms with Crippen LogP contribution in [-0.4, -0.2) is 31.6 Å². The van der Waals surface area contributed by atoms with Gasteiger partial charge in [0.1, 0.15) is 5.82 Å². The van der Waals surface area contributed by atoms with Crippen LogP contribution in [0.4, 0.5) is 4.39 Å². The van der Waals surface area contributed by atoms with E-state index in [2.05, 4.69) is 33.2 Å². The molecule has 1 aliphatic rings. The van der Waals surface area contributed by atoms with E-state index in [0.29, 0.717) is 0 Å². The van der Waals surface area contributed by atoms with E-state index < -0.39 is 0 Å². The molecule has 2 nitrogen and oxygen atoms in total. The molecular formula is C14H20BrFN2. The molecule has 1 aromatic rings. The highest BCUT2D eigenvalue weighted by molar-refractivity contribution is 9.10. The highest BCUT2D eigenvalue weighted by Crippen LogP contribution is 2.18. The van der Waals surface area contributed by atoms with Crippen molar-refractivity contribution in [3.8, 4) is 0 Å². The van der Waals surface area contributed by atoms with Crippen molar-refractivity contribution in [2.75, 3.05) is 26.7 Å². The molecule has 0 aliphatic carbocycles. The molecule has 0 unspecified atom stereocenters. The molecule has 0 atom stereocenters. The third-order valence-corrected chi connectivity index (χ3v) is 3.86. The first-order valence-corrected chi connectivity index (χ1v) is 7.27. The quantitative estimate of drug-likeness (QED) is 0.919. The van der Waals surface area contributed by atoms with Gasteiger partial charge in [-0.15, -0.1) is 0 Å². The Bertz CT molecular complexity index is 371. The smallest absolute Gasteiger partial charge is 0.124 e. The van der Waals surface area contributed by atoms with Crippen molar-refractivity contribution in [1.29, 1.82) is 0 Å². The molecule has 0 spiro atoms. The van der Waals surface area contributed by atoms with E-state index in [1.165, 1.54) is 18.9 Å². The number of halogens is 2. The summed E-state index contributed by atoms with van der Waals surface area (Å²) in [6.45, 7) is 4.16. The van der Waals surface area contributed by atoms with Crippen LogP contribution in [0, 0.1) is 11.7 Å². The maximum absolute atomic E-state index is 13.3. The lowest BCUT2D eigenvalue weighted by Gasteiger charge is -2.27. The van der Waals surface area contributed by atoms with Crippen LogP contribution in [0.5, 0.6) is 0 Å². The lowest BCUT2D eigenvalue weighted by atomic mass is 9.97. The molecule has 2 rings (SSSR count). The number of piperidine rings is 1. The topological polar surface area (TPSA) is 15.3 Å². The number of rotatable bonds is 4. The fourth-order valence-electron chi connectivity index (χ4n) is 2.58. The second-order valence-corrected chi connectivity index (χ2v) is 6.08. The number of nitrogens with zero attached hydrogens (tertiary/aromatic N) is 1. The third kappa shape index (κ3) is 4.34. The monoisotopic (exact) mass is 314 g/mol. The van der Waals surface area contributed by atoms with Gasteiger partial charge in [0.05, 0.1) is 0 Å². The summed E-state index contributed by atoms with van der Waals surface area (Å²) >= 11 is 3.33. The van der Waals surface area contributed by atoms with Crippen molar-refractivity contribution in [1.82, 2.24) is 10.2 Å². The van der Waals surface area contributed by atoms with Crippen LogP contribution in [-0.2, 0) is 6.54 Å². The average molecular weight is 315 g/mol. The van der Waals surface area contributed by atoms with Gasteiger partial charge in [-0.1, -0.05) is 15.9 Å². The van der Waals surface area contributed by atoms with Crippen LogP contribution < -0.4 is 5.32 Å². The number of benzene rings is 1. The van der Waals surface area contributed by atoms with Crippen molar-refractivity contribution in [3.63, 3.8) is 0 Å². The van der Waals surface area contributed by atoms with E-state index in [0.717, 1.165) is 42.1 Å². The molecule has 1 saturated heterocycles. The van der Waals surface area contributed by atoms with Crippen LogP contribution in [0.1, 0.15) is 18.4 Å². The number of hydrogen-bond acceptors (Lipinski definition) is 2. The van der Waals surface area contributed by atoms with Gasteiger partial charge in [-0.25, -0.2) is 4.39 Å². The Morgan fingerprint density at radius 1 is 1.33 bits per heavy atom. The van der Waals surface area contributed by atoms with Gasteiger partial charge in [0.25, 0.3) is 0 Å². The van der Waals surface area contributed by atoms with Crippen LogP contribution >= 0.6 is 15.9 Å². The summed E-state index contributed by atoms with van der Waals surface area (Å²) in [5.41, 5.74) is 1.03. The summed E-state index contributed by atoms with van der Waals surface area (Å²) < 4.78 is 14.1. The Kier molecular flexibility index (Phi) is 5.15. The van der Waals surface area contributed by atoms with Gasteiger partial charge < -0.3 is 10.2 Å². The first-order valence-electron chi connectivity index (χ1n) is 6.48. The largest absolute Gasteiger partial charge is 0.317 e. The second-order valence-electron chi connectivity index (χ2n) is 5.17. The Balaban J connectivity index is 1.87. The van der Waals surface area contributed by atoms with Gasteiger partial charge in [0.15, 0.2) is 0 Å². The molecule has 0 saturated carbocycles.